The maximum absolute atomic E-state index is 15.0. The van der Waals surface area contributed by atoms with E-state index in [1.54, 1.807) is 30.1 Å². The van der Waals surface area contributed by atoms with E-state index in [0.29, 0.717) is 23.6 Å². The molecule has 1 atom stereocenters. The van der Waals surface area contributed by atoms with Crippen molar-refractivity contribution in [3.8, 4) is 17.2 Å². The molecule has 5 aromatic rings. The van der Waals surface area contributed by atoms with Crippen LogP contribution in [0.2, 0.25) is 0 Å². The van der Waals surface area contributed by atoms with Gasteiger partial charge in [0.2, 0.25) is 0 Å². The zero-order chi connectivity index (χ0) is 26.8. The van der Waals surface area contributed by atoms with Gasteiger partial charge in [-0.15, -0.1) is 0 Å². The highest BCUT2D eigenvalue weighted by molar-refractivity contribution is 5.93. The molecule has 5 rings (SSSR count). The fourth-order valence-corrected chi connectivity index (χ4v) is 4.01. The first kappa shape index (κ1) is 24.9. The number of H-pyrrole nitrogens is 1. The molecule has 0 aromatic carbocycles. The van der Waals surface area contributed by atoms with Gasteiger partial charge in [0.05, 0.1) is 23.6 Å². The summed E-state index contributed by atoms with van der Waals surface area (Å²) in [5, 5.41) is 14.2. The predicted octanol–water partition coefficient (Wildman–Crippen LogP) is 3.99. The number of aromatic amines is 1. The second kappa shape index (κ2) is 10.3. The van der Waals surface area contributed by atoms with Crippen LogP contribution >= 0.6 is 0 Å². The van der Waals surface area contributed by atoms with Crippen LogP contribution in [-0.2, 0) is 6.42 Å². The Bertz CT molecular complexity index is 1610. The normalized spacial score (nSPS) is 11.9. The van der Waals surface area contributed by atoms with Gasteiger partial charge in [0, 0.05) is 42.0 Å². The van der Waals surface area contributed by atoms with Crippen molar-refractivity contribution in [2.24, 2.45) is 0 Å². The summed E-state index contributed by atoms with van der Waals surface area (Å²) in [5.41, 5.74) is 5.14. The number of rotatable bonds is 7. The van der Waals surface area contributed by atoms with Gasteiger partial charge in [-0.1, -0.05) is 6.07 Å². The van der Waals surface area contributed by atoms with Crippen LogP contribution < -0.4 is 5.32 Å². The number of nitrogens with one attached hydrogen (secondary N) is 2. The molecule has 10 nitrogen and oxygen atoms in total. The Morgan fingerprint density at radius 2 is 1.89 bits per heavy atom. The molecule has 2 N–H and O–H groups in total. The molecule has 0 fully saturated rings. The molecular weight excluding hydrogens is 485 g/mol. The fourth-order valence-electron chi connectivity index (χ4n) is 4.01. The van der Waals surface area contributed by atoms with Gasteiger partial charge in [-0.25, -0.2) is 29.0 Å². The minimum Gasteiger partial charge on any atom is -0.344 e. The topological polar surface area (TPSA) is 127 Å². The Kier molecular flexibility index (Phi) is 6.73. The minimum absolute atomic E-state index is 0.308. The molecule has 0 saturated heterocycles. The van der Waals surface area contributed by atoms with E-state index in [-0.39, 0.29) is 5.69 Å². The van der Waals surface area contributed by atoms with Gasteiger partial charge in [-0.3, -0.25) is 9.89 Å². The van der Waals surface area contributed by atoms with E-state index in [2.05, 4.69) is 40.5 Å². The number of amides is 1. The fraction of sp³-hybridized carbons (Fsp3) is 0.222. The summed E-state index contributed by atoms with van der Waals surface area (Å²) in [7, 11) is 0. The molecule has 5 heterocycles. The highest BCUT2D eigenvalue weighted by Gasteiger charge is 2.19. The molecule has 0 saturated carbocycles. The van der Waals surface area contributed by atoms with Crippen molar-refractivity contribution in [2.45, 2.75) is 40.2 Å². The number of aryl methyl sites for hydroxylation is 3. The smallest absolute Gasteiger partial charge is 0.273 e. The number of aromatic nitrogens is 8. The van der Waals surface area contributed by atoms with Crippen molar-refractivity contribution >= 4 is 5.91 Å². The summed E-state index contributed by atoms with van der Waals surface area (Å²) < 4.78 is 16.7. The predicted molar refractivity (Wildman–Crippen MR) is 138 cm³/mol. The Labute approximate surface area is 218 Å². The van der Waals surface area contributed by atoms with Crippen LogP contribution in [0.3, 0.4) is 0 Å². The van der Waals surface area contributed by atoms with E-state index < -0.39 is 17.8 Å². The Balaban J connectivity index is 1.29. The Morgan fingerprint density at radius 1 is 1.05 bits per heavy atom. The van der Waals surface area contributed by atoms with E-state index in [4.69, 9.17) is 0 Å². The molecule has 0 spiro atoms. The zero-order valence-corrected chi connectivity index (χ0v) is 21.4. The number of halogens is 1. The molecule has 11 heteroatoms. The molecule has 0 unspecified atom stereocenters. The summed E-state index contributed by atoms with van der Waals surface area (Å²) in [6, 6.07) is 8.26. The standard InChI is InChI=1S/C27H26FN9O/c1-15-11-31-37(14-15)24-6-5-19(12-29-24)18(4)33-27(38)25-23(28)9-20(13-30-25)26-32-16(2)7-21(34-26)10-22-8-17(3)35-36-22/h5-9,11-14,18H,10H2,1-4H3,(H,33,38)(H,35,36)/t18-/m0/s1. The summed E-state index contributed by atoms with van der Waals surface area (Å²) in [4.78, 5) is 30.3. The van der Waals surface area contributed by atoms with Crippen molar-refractivity contribution < 1.29 is 9.18 Å². The van der Waals surface area contributed by atoms with Gasteiger partial charge < -0.3 is 5.32 Å². The van der Waals surface area contributed by atoms with Crippen molar-refractivity contribution in [2.75, 3.05) is 0 Å². The molecule has 0 bridgehead atoms. The van der Waals surface area contributed by atoms with Crippen LogP contribution in [0.25, 0.3) is 17.2 Å². The average molecular weight is 512 g/mol. The number of carbonyl (C=O) groups is 1. The maximum atomic E-state index is 15.0. The summed E-state index contributed by atoms with van der Waals surface area (Å²) >= 11 is 0. The number of pyridine rings is 2. The van der Waals surface area contributed by atoms with E-state index >= 15 is 4.39 Å². The second-order valence-electron chi connectivity index (χ2n) is 9.20. The van der Waals surface area contributed by atoms with E-state index in [9.17, 15) is 4.79 Å². The molecule has 5 aromatic heterocycles. The van der Waals surface area contributed by atoms with Gasteiger partial charge in [-0.05, 0) is 63.1 Å². The maximum Gasteiger partial charge on any atom is 0.273 e. The quantitative estimate of drug-likeness (QED) is 0.338. The van der Waals surface area contributed by atoms with Crippen LogP contribution in [0, 0.1) is 26.6 Å². The minimum atomic E-state index is -0.760. The molecular formula is C27H26FN9O. The van der Waals surface area contributed by atoms with Gasteiger partial charge in [0.1, 0.15) is 0 Å². The SMILES string of the molecule is Cc1cnn(-c2ccc([C@H](C)NC(=O)c3ncc(-c4nc(C)cc(Cc5cc(C)[nH]n5)n4)cc3F)cn2)c1. The summed E-state index contributed by atoms with van der Waals surface area (Å²) in [6.45, 7) is 7.51. The van der Waals surface area contributed by atoms with Gasteiger partial charge >= 0.3 is 0 Å². The lowest BCUT2D eigenvalue weighted by Crippen LogP contribution is -2.28. The average Bonchev–Trinajstić information content (AvgIpc) is 3.51. The van der Waals surface area contributed by atoms with Crippen LogP contribution in [-0.4, -0.2) is 45.8 Å². The first-order chi connectivity index (χ1) is 18.2. The first-order valence-corrected chi connectivity index (χ1v) is 12.0. The highest BCUT2D eigenvalue weighted by atomic mass is 19.1. The lowest BCUT2D eigenvalue weighted by molar-refractivity contribution is 0.0930. The van der Waals surface area contributed by atoms with Crippen molar-refractivity contribution in [1.29, 1.82) is 0 Å². The number of nitrogens with zero attached hydrogens (tertiary/aromatic N) is 7. The third kappa shape index (κ3) is 5.46. The van der Waals surface area contributed by atoms with Crippen LogP contribution in [0.4, 0.5) is 4.39 Å². The zero-order valence-electron chi connectivity index (χ0n) is 21.4. The third-order valence-electron chi connectivity index (χ3n) is 5.91. The molecule has 192 valence electrons. The Morgan fingerprint density at radius 3 is 2.55 bits per heavy atom. The molecule has 38 heavy (non-hydrogen) atoms. The summed E-state index contributed by atoms with van der Waals surface area (Å²) in [6.07, 6.45) is 7.18. The van der Waals surface area contributed by atoms with Gasteiger partial charge in [-0.2, -0.15) is 10.2 Å². The van der Waals surface area contributed by atoms with Gasteiger partial charge in [0.25, 0.3) is 5.91 Å². The largest absolute Gasteiger partial charge is 0.344 e. The lowest BCUT2D eigenvalue weighted by atomic mass is 10.1. The van der Waals surface area contributed by atoms with E-state index in [1.807, 2.05) is 45.2 Å². The highest BCUT2D eigenvalue weighted by Crippen LogP contribution is 2.20. The van der Waals surface area contributed by atoms with Gasteiger partial charge in [0.15, 0.2) is 23.2 Å². The second-order valence-corrected chi connectivity index (χ2v) is 9.20. The summed E-state index contributed by atoms with van der Waals surface area (Å²) in [5.74, 6) is -0.403. The monoisotopic (exact) mass is 511 g/mol. The van der Waals surface area contributed by atoms with Crippen molar-refractivity contribution in [3.63, 3.8) is 0 Å². The van der Waals surface area contributed by atoms with Crippen LogP contribution in [0.5, 0.6) is 0 Å². The van der Waals surface area contributed by atoms with E-state index in [0.717, 1.165) is 33.9 Å². The van der Waals surface area contributed by atoms with E-state index in [1.165, 1.54) is 12.3 Å². The number of hydrogen-bond donors (Lipinski definition) is 2. The first-order valence-electron chi connectivity index (χ1n) is 12.0. The number of hydrogen-bond acceptors (Lipinski definition) is 7. The molecule has 1 amide bonds. The Hall–Kier alpha value is -4.80. The third-order valence-corrected chi connectivity index (χ3v) is 5.91. The number of carbonyl (C=O) groups excluding carboxylic acids is 1. The van der Waals surface area contributed by atoms with Crippen LogP contribution in [0.15, 0.2) is 55.1 Å². The molecule has 0 radical (unpaired) electrons. The van der Waals surface area contributed by atoms with Crippen LogP contribution in [0.1, 0.15) is 57.4 Å². The van der Waals surface area contributed by atoms with Crippen molar-refractivity contribution in [3.05, 3.63) is 101 Å². The van der Waals surface area contributed by atoms with Crippen molar-refractivity contribution in [1.82, 2.24) is 45.2 Å². The lowest BCUT2D eigenvalue weighted by Gasteiger charge is -2.14. The molecule has 0 aliphatic heterocycles. The molecule has 0 aliphatic carbocycles. The molecule has 0 aliphatic rings.